The first-order valence-corrected chi connectivity index (χ1v) is 11.9. The van der Waals surface area contributed by atoms with Crippen LogP contribution in [0, 0.1) is 12.8 Å². The van der Waals surface area contributed by atoms with Crippen LogP contribution in [0.4, 0.5) is 8.78 Å². The molecule has 3 heterocycles. The predicted octanol–water partition coefficient (Wildman–Crippen LogP) is 5.00. The third-order valence-electron chi connectivity index (χ3n) is 6.87. The minimum atomic E-state index is -2.63. The summed E-state index contributed by atoms with van der Waals surface area (Å²) in [5.41, 5.74) is 2.80. The molecule has 1 aliphatic heterocycles. The van der Waals surface area contributed by atoms with Gasteiger partial charge in [-0.2, -0.15) is 0 Å². The summed E-state index contributed by atoms with van der Waals surface area (Å²) in [5.74, 6) is 0.762. The highest BCUT2D eigenvalue weighted by Gasteiger charge is 2.30. The van der Waals surface area contributed by atoms with Crippen molar-refractivity contribution in [2.75, 3.05) is 13.2 Å². The number of hydrogen-bond acceptors (Lipinski definition) is 5. The number of amides is 1. The largest absolute Gasteiger partial charge is 0.493 e. The minimum Gasteiger partial charge on any atom is -0.493 e. The minimum absolute atomic E-state index is 0.00805. The molecule has 0 bridgehead atoms. The fourth-order valence-electron chi connectivity index (χ4n) is 4.76. The summed E-state index contributed by atoms with van der Waals surface area (Å²) in [6.45, 7) is 8.96. The first-order valence-electron chi connectivity index (χ1n) is 11.9. The summed E-state index contributed by atoms with van der Waals surface area (Å²) >= 11 is 0. The van der Waals surface area contributed by atoms with Gasteiger partial charge in [-0.05, 0) is 63.4 Å². The Bertz CT molecular complexity index is 1270. The topological polar surface area (TPSA) is 83.1 Å². The van der Waals surface area contributed by atoms with Gasteiger partial charge in [0.05, 0.1) is 17.7 Å². The maximum absolute atomic E-state index is 13.5. The lowest BCUT2D eigenvalue weighted by Crippen LogP contribution is -2.36. The molecule has 0 spiro atoms. The van der Waals surface area contributed by atoms with Gasteiger partial charge in [0.2, 0.25) is 0 Å². The predicted molar refractivity (Wildman–Crippen MR) is 129 cm³/mol. The number of H-pyrrole nitrogens is 1. The number of hydrogen-bond donors (Lipinski definition) is 2. The second kappa shape index (κ2) is 9.28. The molecule has 2 aromatic heterocycles. The van der Waals surface area contributed by atoms with Crippen molar-refractivity contribution in [2.45, 2.75) is 51.6 Å². The molecule has 3 aromatic rings. The Hall–Kier alpha value is -3.49. The zero-order chi connectivity index (χ0) is 24.7. The molecule has 5 rings (SSSR count). The van der Waals surface area contributed by atoms with Gasteiger partial charge in [-0.3, -0.25) is 4.79 Å². The van der Waals surface area contributed by atoms with E-state index in [1.54, 1.807) is 19.2 Å². The number of aromatic amines is 1. The third-order valence-corrected chi connectivity index (χ3v) is 6.87. The summed E-state index contributed by atoms with van der Waals surface area (Å²) in [6.07, 6.45) is 3.57. The van der Waals surface area contributed by atoms with Gasteiger partial charge in [-0.15, -0.1) is 0 Å². The monoisotopic (exact) mass is 481 g/mol. The highest BCUT2D eigenvalue weighted by atomic mass is 19.3. The highest BCUT2D eigenvalue weighted by Crippen LogP contribution is 2.38. The van der Waals surface area contributed by atoms with E-state index < -0.39 is 6.43 Å². The summed E-state index contributed by atoms with van der Waals surface area (Å²) in [6, 6.07) is 4.65. The molecule has 2 atom stereocenters. The zero-order valence-electron chi connectivity index (χ0n) is 19.9. The number of rotatable bonds is 8. The lowest BCUT2D eigenvalue weighted by atomic mass is 10.0. The lowest BCUT2D eigenvalue weighted by molar-refractivity contribution is 0.0939. The maximum atomic E-state index is 13.5. The van der Waals surface area contributed by atoms with Crippen LogP contribution < -0.4 is 10.1 Å². The highest BCUT2D eigenvalue weighted by molar-refractivity contribution is 6.09. The molecular formula is C26H29F2N5O2. The Balaban J connectivity index is 1.51. The number of nitrogens with one attached hydrogen (secondary N) is 2. The fraction of sp³-hybridized carbons (Fsp3) is 0.423. The van der Waals surface area contributed by atoms with E-state index in [-0.39, 0.29) is 17.5 Å². The number of benzene rings is 1. The molecule has 2 N–H and O–H groups in total. The summed E-state index contributed by atoms with van der Waals surface area (Å²) < 4.78 is 33.1. The number of fused-ring (bicyclic) bond motifs is 1. The smallest absolute Gasteiger partial charge is 0.263 e. The number of carbonyl (C=O) groups excluding carboxylic acids is 1. The second-order valence-corrected chi connectivity index (χ2v) is 9.52. The molecule has 2 fully saturated rings. The van der Waals surface area contributed by atoms with Crippen LogP contribution in [0.3, 0.4) is 0 Å². The van der Waals surface area contributed by atoms with E-state index >= 15 is 0 Å². The number of likely N-dealkylation sites (tertiary alicyclic amines) is 1. The van der Waals surface area contributed by atoms with Gasteiger partial charge in [-0.1, -0.05) is 6.58 Å². The van der Waals surface area contributed by atoms with E-state index in [0.717, 1.165) is 19.3 Å². The zero-order valence-corrected chi connectivity index (χ0v) is 19.9. The molecule has 1 saturated carbocycles. The average molecular weight is 482 g/mol. The van der Waals surface area contributed by atoms with E-state index in [4.69, 9.17) is 4.74 Å². The molecule has 0 radical (unpaired) electrons. The van der Waals surface area contributed by atoms with Crippen LogP contribution in [-0.2, 0) is 0 Å². The molecule has 1 aromatic carbocycles. The Labute approximate surface area is 202 Å². The summed E-state index contributed by atoms with van der Waals surface area (Å²) in [7, 11) is 0. The normalized spacial score (nSPS) is 20.0. The number of halogens is 2. The molecule has 9 heteroatoms. The molecule has 0 unspecified atom stereocenters. The first-order chi connectivity index (χ1) is 16.9. The van der Waals surface area contributed by atoms with Crippen molar-refractivity contribution < 1.29 is 18.3 Å². The number of aryl methyl sites for hydroxylation is 1. The summed E-state index contributed by atoms with van der Waals surface area (Å²) in [5, 5.41) is 3.11. The number of alkyl halides is 2. The van der Waals surface area contributed by atoms with E-state index in [1.807, 2.05) is 0 Å². The molecule has 2 aliphatic rings. The van der Waals surface area contributed by atoms with Crippen LogP contribution in [0.2, 0.25) is 0 Å². The molecule has 1 aliphatic carbocycles. The quantitative estimate of drug-likeness (QED) is 0.473. The van der Waals surface area contributed by atoms with Crippen molar-refractivity contribution in [2.24, 2.45) is 5.92 Å². The van der Waals surface area contributed by atoms with Crippen molar-refractivity contribution in [3.8, 4) is 17.0 Å². The van der Waals surface area contributed by atoms with Crippen molar-refractivity contribution >= 4 is 16.9 Å². The van der Waals surface area contributed by atoms with E-state index in [0.29, 0.717) is 64.4 Å². The van der Waals surface area contributed by atoms with Crippen molar-refractivity contribution in [3.63, 3.8) is 0 Å². The Morgan fingerprint density at radius 2 is 2.17 bits per heavy atom. The maximum Gasteiger partial charge on any atom is 0.263 e. The first kappa shape index (κ1) is 23.3. The van der Waals surface area contributed by atoms with Gasteiger partial charge >= 0.3 is 0 Å². The Morgan fingerprint density at radius 1 is 1.37 bits per heavy atom. The Kier molecular flexibility index (Phi) is 6.17. The Morgan fingerprint density at radius 3 is 2.86 bits per heavy atom. The van der Waals surface area contributed by atoms with E-state index in [2.05, 4.69) is 38.7 Å². The SMILES string of the molecule is C=CN1C[C@@H](NC(=O)c2c(C)[nH]c3c(-c4cc(C(F)F)ccc4OCC4CC4)ncnc23)C[C@@H]1C. The van der Waals surface area contributed by atoms with Crippen LogP contribution in [0.25, 0.3) is 22.3 Å². The van der Waals surface area contributed by atoms with E-state index in [9.17, 15) is 13.6 Å². The van der Waals surface area contributed by atoms with Crippen LogP contribution in [0.5, 0.6) is 5.75 Å². The van der Waals surface area contributed by atoms with Crippen molar-refractivity contribution in [3.05, 3.63) is 54.1 Å². The molecular weight excluding hydrogens is 452 g/mol. The molecule has 7 nitrogen and oxygen atoms in total. The molecule has 35 heavy (non-hydrogen) atoms. The van der Waals surface area contributed by atoms with E-state index in [1.165, 1.54) is 18.5 Å². The van der Waals surface area contributed by atoms with Crippen LogP contribution >= 0.6 is 0 Å². The lowest BCUT2D eigenvalue weighted by Gasteiger charge is -2.17. The van der Waals surface area contributed by atoms with Gasteiger partial charge in [-0.25, -0.2) is 18.7 Å². The number of nitrogens with zero attached hydrogens (tertiary/aromatic N) is 3. The molecule has 1 amide bonds. The van der Waals surface area contributed by atoms with Gasteiger partial charge < -0.3 is 19.9 Å². The van der Waals surface area contributed by atoms with Gasteiger partial charge in [0.25, 0.3) is 12.3 Å². The average Bonchev–Trinajstić information content (AvgIpc) is 3.50. The van der Waals surface area contributed by atoms with Gasteiger partial charge in [0.1, 0.15) is 23.3 Å². The number of ether oxygens (including phenoxy) is 1. The molecule has 184 valence electrons. The van der Waals surface area contributed by atoms with Crippen molar-refractivity contribution in [1.29, 1.82) is 0 Å². The molecule has 1 saturated heterocycles. The fourth-order valence-corrected chi connectivity index (χ4v) is 4.76. The number of aromatic nitrogens is 3. The van der Waals surface area contributed by atoms with Crippen LogP contribution in [-0.4, -0.2) is 51.0 Å². The number of carbonyl (C=O) groups is 1. The van der Waals surface area contributed by atoms with Gasteiger partial charge in [0.15, 0.2) is 0 Å². The van der Waals surface area contributed by atoms with Crippen LogP contribution in [0.15, 0.2) is 37.3 Å². The third kappa shape index (κ3) is 4.59. The standard InChI is InChI=1S/C26H29F2N5O2/c1-4-33-11-18(9-14(33)2)32-26(34)21-15(3)31-24-22(29-13-30-23(21)24)19-10-17(25(27)28)7-8-20(19)35-12-16-5-6-16/h4,7-8,10,13-14,16,18,25,31H,1,5-6,9,11-12H2,2-3H3,(H,32,34)/t14-,18-/m0/s1. The van der Waals surface area contributed by atoms with Crippen molar-refractivity contribution in [1.82, 2.24) is 25.2 Å². The second-order valence-electron chi connectivity index (χ2n) is 9.52. The van der Waals surface area contributed by atoms with Gasteiger partial charge in [0, 0.05) is 35.4 Å². The summed E-state index contributed by atoms with van der Waals surface area (Å²) in [4.78, 5) is 27.4. The van der Waals surface area contributed by atoms with Crippen LogP contribution in [0.1, 0.15) is 54.2 Å².